The van der Waals surface area contributed by atoms with Gasteiger partial charge in [0.05, 0.1) is 14.2 Å². The molecule has 140 valence electrons. The van der Waals surface area contributed by atoms with E-state index in [1.807, 2.05) is 6.07 Å². The van der Waals surface area contributed by atoms with Crippen LogP contribution in [0.5, 0.6) is 5.75 Å². The van der Waals surface area contributed by atoms with Crippen LogP contribution in [0.25, 0.3) is 0 Å². The van der Waals surface area contributed by atoms with Gasteiger partial charge in [0.15, 0.2) is 5.92 Å². The zero-order valence-electron chi connectivity index (χ0n) is 15.9. The average Bonchev–Trinajstić information content (AvgIpc) is 2.51. The first-order valence-electron chi connectivity index (χ1n) is 8.06. The van der Waals surface area contributed by atoms with Crippen LogP contribution in [0.1, 0.15) is 26.3 Å². The Morgan fingerprint density at radius 1 is 1.12 bits per heavy atom. The Hall–Kier alpha value is -1.53. The molecule has 1 aromatic rings. The van der Waals surface area contributed by atoms with Crippen LogP contribution in [0.4, 0.5) is 0 Å². The number of hydrogen-bond acceptors (Lipinski definition) is 5. The van der Waals surface area contributed by atoms with Crippen molar-refractivity contribution >= 4 is 31.9 Å². The van der Waals surface area contributed by atoms with Crippen LogP contribution >= 0.6 is 11.6 Å². The van der Waals surface area contributed by atoms with Crippen LogP contribution in [0, 0.1) is 5.92 Å². The Morgan fingerprint density at radius 2 is 1.64 bits per heavy atom. The number of methoxy groups -OCH3 is 2. The van der Waals surface area contributed by atoms with Crippen molar-refractivity contribution < 1.29 is 23.5 Å². The highest BCUT2D eigenvalue weighted by molar-refractivity contribution is 6.74. The van der Waals surface area contributed by atoms with Gasteiger partial charge in [-0.3, -0.25) is 9.59 Å². The predicted octanol–water partition coefficient (Wildman–Crippen LogP) is 4.23. The van der Waals surface area contributed by atoms with E-state index in [0.717, 1.165) is 0 Å². The molecule has 0 saturated heterocycles. The third-order valence-electron chi connectivity index (χ3n) is 4.60. The van der Waals surface area contributed by atoms with E-state index in [2.05, 4.69) is 43.3 Å². The summed E-state index contributed by atoms with van der Waals surface area (Å²) in [6.07, 6.45) is 0.110. The summed E-state index contributed by atoms with van der Waals surface area (Å²) < 4.78 is 15.6. The summed E-state index contributed by atoms with van der Waals surface area (Å²) in [6.45, 7) is 10.8. The normalized spacial score (nSPS) is 12.0. The quantitative estimate of drug-likeness (QED) is 0.416. The molecule has 25 heavy (non-hydrogen) atoms. The molecule has 0 bridgehead atoms. The van der Waals surface area contributed by atoms with E-state index >= 15 is 0 Å². The summed E-state index contributed by atoms with van der Waals surface area (Å²) >= 11 is 6.34. The summed E-state index contributed by atoms with van der Waals surface area (Å²) in [4.78, 5) is 23.6. The Balaban J connectivity index is 3.02. The Bertz CT molecular complexity index is 621. The summed E-state index contributed by atoms with van der Waals surface area (Å²) in [7, 11) is 0.492. The van der Waals surface area contributed by atoms with Crippen molar-refractivity contribution in [1.82, 2.24) is 0 Å². The van der Waals surface area contributed by atoms with Gasteiger partial charge < -0.3 is 13.9 Å². The van der Waals surface area contributed by atoms with Crippen molar-refractivity contribution in [3.8, 4) is 5.75 Å². The Labute approximate surface area is 155 Å². The van der Waals surface area contributed by atoms with E-state index in [9.17, 15) is 9.59 Å². The number of rotatable bonds is 6. The molecule has 0 aliphatic rings. The van der Waals surface area contributed by atoms with E-state index in [0.29, 0.717) is 16.3 Å². The molecule has 0 radical (unpaired) electrons. The van der Waals surface area contributed by atoms with Crippen molar-refractivity contribution in [1.29, 1.82) is 0 Å². The zero-order valence-corrected chi connectivity index (χ0v) is 17.7. The van der Waals surface area contributed by atoms with Gasteiger partial charge in [-0.1, -0.05) is 38.4 Å². The Morgan fingerprint density at radius 3 is 2.04 bits per heavy atom. The minimum absolute atomic E-state index is 0.0685. The SMILES string of the molecule is COC(=O)C(Cc1ccc(O[Si](C)(C)C(C)(C)C)cc1Cl)C(=O)OC. The second kappa shape index (κ2) is 8.23. The number of esters is 2. The maximum Gasteiger partial charge on any atom is 0.320 e. The van der Waals surface area contributed by atoms with Gasteiger partial charge in [0.25, 0.3) is 0 Å². The van der Waals surface area contributed by atoms with Crippen LogP contribution in [0.3, 0.4) is 0 Å². The van der Waals surface area contributed by atoms with Crippen LogP contribution in [-0.2, 0) is 25.5 Å². The van der Waals surface area contributed by atoms with Gasteiger partial charge in [-0.25, -0.2) is 0 Å². The van der Waals surface area contributed by atoms with Gasteiger partial charge in [-0.2, -0.15) is 0 Å². The monoisotopic (exact) mass is 386 g/mol. The summed E-state index contributed by atoms with van der Waals surface area (Å²) in [6, 6.07) is 5.31. The molecule has 0 atom stereocenters. The molecule has 5 nitrogen and oxygen atoms in total. The van der Waals surface area contributed by atoms with E-state index in [1.54, 1.807) is 12.1 Å². The molecule has 0 fully saturated rings. The lowest BCUT2D eigenvalue weighted by Crippen LogP contribution is -2.43. The fourth-order valence-corrected chi connectivity index (χ4v) is 3.24. The van der Waals surface area contributed by atoms with Crippen molar-refractivity contribution in [2.75, 3.05) is 14.2 Å². The molecule has 1 rings (SSSR count). The highest BCUT2D eigenvalue weighted by Gasteiger charge is 2.39. The van der Waals surface area contributed by atoms with Crippen molar-refractivity contribution in [2.45, 2.75) is 45.3 Å². The molecule has 7 heteroatoms. The number of carbonyl (C=O) groups is 2. The molecule has 1 aromatic carbocycles. The lowest BCUT2D eigenvalue weighted by atomic mass is 9.99. The highest BCUT2D eigenvalue weighted by Crippen LogP contribution is 2.38. The summed E-state index contributed by atoms with van der Waals surface area (Å²) in [5, 5.41) is 0.507. The number of halogens is 1. The molecule has 0 saturated carbocycles. The van der Waals surface area contributed by atoms with Crippen LogP contribution < -0.4 is 4.43 Å². The third-order valence-corrected chi connectivity index (χ3v) is 9.31. The lowest BCUT2D eigenvalue weighted by molar-refractivity contribution is -0.158. The summed E-state index contributed by atoms with van der Waals surface area (Å²) in [5.74, 6) is -1.65. The van der Waals surface area contributed by atoms with E-state index in [1.165, 1.54) is 14.2 Å². The largest absolute Gasteiger partial charge is 0.543 e. The lowest BCUT2D eigenvalue weighted by Gasteiger charge is -2.36. The summed E-state index contributed by atoms with van der Waals surface area (Å²) in [5.41, 5.74) is 0.657. The molecule has 0 heterocycles. The zero-order chi connectivity index (χ0) is 19.4. The standard InChI is InChI=1S/C18H27ClO5Si/c1-18(2,3)25(6,7)24-13-9-8-12(15(19)11-13)10-14(16(20)22-4)17(21)23-5/h8-9,11,14H,10H2,1-7H3. The molecule has 0 N–H and O–H groups in total. The molecule has 0 aliphatic carbocycles. The second-order valence-electron chi connectivity index (χ2n) is 7.42. The van der Waals surface area contributed by atoms with Gasteiger partial charge in [0, 0.05) is 5.02 Å². The molecular weight excluding hydrogens is 360 g/mol. The minimum atomic E-state index is -1.97. The molecule has 0 aliphatic heterocycles. The van der Waals surface area contributed by atoms with Gasteiger partial charge >= 0.3 is 11.9 Å². The molecular formula is C18H27ClO5Si. The van der Waals surface area contributed by atoms with E-state index < -0.39 is 26.2 Å². The van der Waals surface area contributed by atoms with Gasteiger partial charge in [0.2, 0.25) is 8.32 Å². The minimum Gasteiger partial charge on any atom is -0.543 e. The third kappa shape index (κ3) is 5.47. The molecule has 0 spiro atoms. The van der Waals surface area contributed by atoms with Crippen LogP contribution in [0.2, 0.25) is 23.2 Å². The van der Waals surface area contributed by atoms with Gasteiger partial charge in [-0.15, -0.1) is 0 Å². The first-order valence-corrected chi connectivity index (χ1v) is 11.3. The topological polar surface area (TPSA) is 61.8 Å². The number of benzene rings is 1. The predicted molar refractivity (Wildman–Crippen MR) is 101 cm³/mol. The molecule has 0 aromatic heterocycles. The average molecular weight is 387 g/mol. The number of carbonyl (C=O) groups excluding carboxylic acids is 2. The maximum absolute atomic E-state index is 11.8. The fraction of sp³-hybridized carbons (Fsp3) is 0.556. The fourth-order valence-electron chi connectivity index (χ4n) is 1.97. The van der Waals surface area contributed by atoms with Crippen molar-refractivity contribution in [3.63, 3.8) is 0 Å². The Kier molecular flexibility index (Phi) is 7.08. The van der Waals surface area contributed by atoms with Gasteiger partial charge in [0.1, 0.15) is 5.75 Å². The van der Waals surface area contributed by atoms with Gasteiger partial charge in [-0.05, 0) is 42.2 Å². The van der Waals surface area contributed by atoms with Crippen molar-refractivity contribution in [2.24, 2.45) is 5.92 Å². The molecule has 0 amide bonds. The number of hydrogen-bond donors (Lipinski definition) is 0. The first-order chi connectivity index (χ1) is 11.4. The van der Waals surface area contributed by atoms with Crippen LogP contribution in [-0.4, -0.2) is 34.5 Å². The maximum atomic E-state index is 11.8. The van der Waals surface area contributed by atoms with E-state index in [-0.39, 0.29) is 11.5 Å². The number of ether oxygens (including phenoxy) is 2. The van der Waals surface area contributed by atoms with Crippen molar-refractivity contribution in [3.05, 3.63) is 28.8 Å². The van der Waals surface area contributed by atoms with E-state index in [4.69, 9.17) is 16.0 Å². The highest BCUT2D eigenvalue weighted by atomic mass is 35.5. The smallest absolute Gasteiger partial charge is 0.320 e. The first kappa shape index (κ1) is 21.5. The van der Waals surface area contributed by atoms with Crippen LogP contribution in [0.15, 0.2) is 18.2 Å². The second-order valence-corrected chi connectivity index (χ2v) is 12.6. The molecule has 0 unspecified atom stereocenters.